The Morgan fingerprint density at radius 3 is 1.37 bits per heavy atom. The first-order chi connectivity index (χ1) is 37.3. The van der Waals surface area contributed by atoms with E-state index in [0.29, 0.717) is 55.3 Å². The van der Waals surface area contributed by atoms with E-state index in [1.165, 1.54) is 36.9 Å². The van der Waals surface area contributed by atoms with Crippen molar-refractivity contribution in [1.82, 2.24) is 0 Å². The molecule has 0 radical (unpaired) electrons. The molecule has 1 aliphatic rings. The molecule has 0 heterocycles. The number of hydrogen-bond donors (Lipinski definition) is 0. The van der Waals surface area contributed by atoms with Crippen LogP contribution < -0.4 is 4.74 Å². The second kappa shape index (κ2) is 48.3. The lowest BCUT2D eigenvalue weighted by molar-refractivity contribution is -0.147. The summed E-state index contributed by atoms with van der Waals surface area (Å²) >= 11 is 8.45. The van der Waals surface area contributed by atoms with Crippen LogP contribution in [0.3, 0.4) is 0 Å². The number of allylic oxidation sites excluding steroid dienone is 3. The molecule has 0 aliphatic heterocycles. The molecule has 1 aliphatic carbocycles. The van der Waals surface area contributed by atoms with E-state index in [-0.39, 0.29) is 63.7 Å². The number of carbonyl (C=O) groups excluding carboxylic acids is 3. The van der Waals surface area contributed by atoms with E-state index >= 15 is 0 Å². The van der Waals surface area contributed by atoms with E-state index in [1.54, 1.807) is 47.4 Å². The fraction of sp³-hybridized carbons (Fsp3) is 0.464. The molecule has 450 valence electrons. The number of thioether (sulfide) groups is 5. The van der Waals surface area contributed by atoms with Gasteiger partial charge in [-0.25, -0.2) is 0 Å². The highest BCUT2D eigenvalue weighted by molar-refractivity contribution is 8.13. The first-order valence-corrected chi connectivity index (χ1v) is 32.3. The molecule has 6 rings (SSSR count). The molecule has 1 unspecified atom stereocenters. The number of carbonyl (C=O) groups is 3. The summed E-state index contributed by atoms with van der Waals surface area (Å²) in [4.78, 5) is 40.8. The Balaban J connectivity index is 0. The average molecular weight is 1200 g/mol. The van der Waals surface area contributed by atoms with Gasteiger partial charge in [0.25, 0.3) is 0 Å². The molecule has 0 N–H and O–H groups in total. The number of benzene rings is 5. The second-order valence-corrected chi connectivity index (χ2v) is 25.7. The smallest absolute Gasteiger partial charge is 0.311 e. The van der Waals surface area contributed by atoms with E-state index < -0.39 is 0 Å². The first-order valence-electron chi connectivity index (χ1n) is 27.3. The van der Waals surface area contributed by atoms with Crippen LogP contribution in [0.15, 0.2) is 188 Å². The Kier molecular flexibility index (Phi) is 47.0. The van der Waals surface area contributed by atoms with Crippen molar-refractivity contribution < 1.29 is 33.3 Å². The number of hydrogen-bond acceptors (Lipinski definition) is 12. The van der Waals surface area contributed by atoms with Crippen molar-refractivity contribution in [2.24, 2.45) is 17.8 Å². The summed E-state index contributed by atoms with van der Waals surface area (Å²) in [5, 5.41) is 0.251. The van der Waals surface area contributed by atoms with Gasteiger partial charge in [-0.1, -0.05) is 193 Å². The molecule has 0 saturated carbocycles. The third-order valence-corrected chi connectivity index (χ3v) is 15.5. The highest BCUT2D eigenvalue weighted by Gasteiger charge is 2.18. The Hall–Kier alpha value is -4.14. The van der Waals surface area contributed by atoms with Crippen molar-refractivity contribution in [2.75, 3.05) is 30.1 Å². The monoisotopic (exact) mass is 1200 g/mol. The highest BCUT2D eigenvalue weighted by atomic mass is 32.2. The number of para-hydroxylation sites is 1. The lowest BCUT2D eigenvalue weighted by atomic mass is 10.0. The van der Waals surface area contributed by atoms with Gasteiger partial charge in [-0.05, 0) is 130 Å². The molecule has 81 heavy (non-hydrogen) atoms. The van der Waals surface area contributed by atoms with Crippen LogP contribution in [0.2, 0.25) is 0 Å². The summed E-state index contributed by atoms with van der Waals surface area (Å²) in [6.07, 6.45) is 12.0. The van der Waals surface area contributed by atoms with Crippen LogP contribution in [0.5, 0.6) is 5.75 Å². The zero-order chi connectivity index (χ0) is 57.5. The van der Waals surface area contributed by atoms with Crippen LogP contribution in [0.1, 0.15) is 143 Å². The molecule has 5 aromatic rings. The molecule has 0 spiro atoms. The van der Waals surface area contributed by atoms with Crippen molar-refractivity contribution in [1.29, 1.82) is 0 Å². The van der Waals surface area contributed by atoms with Gasteiger partial charge >= 0.3 is 11.9 Å². The summed E-state index contributed by atoms with van der Waals surface area (Å²) in [5.74, 6) is 4.61. The van der Waals surface area contributed by atoms with E-state index in [0.717, 1.165) is 28.6 Å². The van der Waals surface area contributed by atoms with Gasteiger partial charge in [0.2, 0.25) is 0 Å². The topological polar surface area (TPSA) is 88.1 Å². The predicted octanol–water partition coefficient (Wildman–Crippen LogP) is 20.7. The highest BCUT2D eigenvalue weighted by Crippen LogP contribution is 2.27. The van der Waals surface area contributed by atoms with Gasteiger partial charge in [0.05, 0.1) is 24.9 Å². The van der Waals surface area contributed by atoms with Gasteiger partial charge in [0.1, 0.15) is 11.9 Å². The van der Waals surface area contributed by atoms with Crippen molar-refractivity contribution >= 4 is 75.9 Å². The van der Waals surface area contributed by atoms with Gasteiger partial charge in [-0.2, -0.15) is 0 Å². The maximum atomic E-state index is 12.0. The lowest BCUT2D eigenvalue weighted by Gasteiger charge is -2.21. The molecule has 5 aromatic carbocycles. The van der Waals surface area contributed by atoms with E-state index in [2.05, 4.69) is 128 Å². The summed E-state index contributed by atoms with van der Waals surface area (Å²) in [5.41, 5.74) is 1.42. The molecule has 0 saturated heterocycles. The molecule has 0 bridgehead atoms. The molecule has 0 fully saturated rings. The lowest BCUT2D eigenvalue weighted by Crippen LogP contribution is -2.27. The van der Waals surface area contributed by atoms with E-state index in [1.807, 2.05) is 124 Å². The number of ether oxygens (including phenoxy) is 4. The third kappa shape index (κ3) is 42.3. The Bertz CT molecular complexity index is 2270. The normalized spacial score (nSPS) is 11.5. The number of esters is 2. The van der Waals surface area contributed by atoms with Crippen LogP contribution in [-0.4, -0.2) is 71.6 Å². The average Bonchev–Trinajstić information content (AvgIpc) is 3.93. The molecule has 0 amide bonds. The quantitative estimate of drug-likeness (QED) is 0.0317. The minimum absolute atomic E-state index is 0. The van der Waals surface area contributed by atoms with Crippen molar-refractivity contribution in [2.45, 2.75) is 181 Å². The first kappa shape index (κ1) is 78.9. The van der Waals surface area contributed by atoms with Crippen LogP contribution in [0.25, 0.3) is 0 Å². The minimum atomic E-state index is -0.166. The summed E-state index contributed by atoms with van der Waals surface area (Å²) < 4.78 is 22.3. The van der Waals surface area contributed by atoms with Crippen LogP contribution in [-0.2, 0) is 28.6 Å². The summed E-state index contributed by atoms with van der Waals surface area (Å²) in [7, 11) is 0. The zero-order valence-corrected chi connectivity index (χ0v) is 52.8. The second-order valence-electron chi connectivity index (χ2n) is 20.4. The predicted molar refractivity (Wildman–Crippen MR) is 360 cm³/mol. The van der Waals surface area contributed by atoms with E-state index in [9.17, 15) is 14.4 Å². The largest absolute Gasteiger partial charge is 0.461 e. The summed E-state index contributed by atoms with van der Waals surface area (Å²) in [6.45, 7) is 25.5. The fourth-order valence-electron chi connectivity index (χ4n) is 6.62. The molecule has 0 aromatic heterocycles. The molecular formula is C69H102O7S5. The molecule has 7 nitrogen and oxygen atoms in total. The van der Waals surface area contributed by atoms with Gasteiger partial charge < -0.3 is 18.9 Å². The number of rotatable bonds is 25. The Labute approximate surface area is 514 Å². The Morgan fingerprint density at radius 2 is 0.951 bits per heavy atom. The Morgan fingerprint density at radius 1 is 0.494 bits per heavy atom. The van der Waals surface area contributed by atoms with Crippen molar-refractivity contribution in [3.63, 3.8) is 0 Å². The molecule has 1 atom stereocenters. The zero-order valence-electron chi connectivity index (χ0n) is 48.8. The van der Waals surface area contributed by atoms with E-state index in [4.69, 9.17) is 18.9 Å². The van der Waals surface area contributed by atoms with Gasteiger partial charge in [-0.15, -0.1) is 47.0 Å². The van der Waals surface area contributed by atoms with Gasteiger partial charge in [0, 0.05) is 61.0 Å². The molecule has 12 heteroatoms. The van der Waals surface area contributed by atoms with Crippen LogP contribution in [0.4, 0.5) is 0 Å². The van der Waals surface area contributed by atoms with Gasteiger partial charge in [0.15, 0.2) is 5.12 Å². The standard InChI is InChI=1S/C20H24O2S2.C14H24O2S.C11H14O2.C11H14OS.C10H14S.3CH4/c1-16(2)13-20(21)22-17(14-23-18-9-5-3-6-10-18)15-24-19-11-7-4-8-12-19;1-11(2)15-9-13(16-12(3)4)10-17-14-7-5-6-8-14;2*1-9(2)8-11(12)13-10-6-4-3-5-7-10;1-8(2)9-4-6-10(11-3)7-5-9;;;/h3-12,16-17H,13-15H2,1-2H3;5,7-8,11-13H,6,9-10H2,1-4H3;2*3-7,9H,8H2,1-2H3;4-8H,1-3H3;3*1H4. The molecular weight excluding hydrogens is 1100 g/mol. The summed E-state index contributed by atoms with van der Waals surface area (Å²) in [6, 6.07) is 48.2. The maximum Gasteiger partial charge on any atom is 0.311 e. The van der Waals surface area contributed by atoms with Crippen LogP contribution >= 0.6 is 58.8 Å². The third-order valence-electron chi connectivity index (χ3n) is 10.4. The fourth-order valence-corrected chi connectivity index (χ4v) is 10.9. The van der Waals surface area contributed by atoms with Gasteiger partial charge in [-0.3, -0.25) is 14.4 Å². The van der Waals surface area contributed by atoms with Crippen LogP contribution in [0, 0.1) is 17.8 Å². The van der Waals surface area contributed by atoms with Crippen molar-refractivity contribution in [3.05, 3.63) is 174 Å². The minimum Gasteiger partial charge on any atom is -0.461 e. The van der Waals surface area contributed by atoms with Crippen molar-refractivity contribution in [3.8, 4) is 5.75 Å². The maximum absolute atomic E-state index is 12.0. The SMILES string of the molecule is C.C.C.CC(C)CC(=O)OC(CSc1ccccc1)CSc1ccccc1.CC(C)CC(=O)Oc1ccccc1.CC(C)CC(=O)Sc1ccccc1.CC(C)OCC(CSC1=CCC=C1)OC(C)C.CSc1ccc(C(C)C)cc1.